The first-order valence-corrected chi connectivity index (χ1v) is 13.5. The van der Waals surface area contributed by atoms with E-state index in [-0.39, 0.29) is 0 Å². The lowest BCUT2D eigenvalue weighted by molar-refractivity contribution is 0.0115. The number of hydrogen-bond acceptors (Lipinski definition) is 10. The summed E-state index contributed by atoms with van der Waals surface area (Å²) in [5.41, 5.74) is 3.84. The van der Waals surface area contributed by atoms with Gasteiger partial charge in [0.2, 0.25) is 5.95 Å². The van der Waals surface area contributed by atoms with Gasteiger partial charge in [-0.1, -0.05) is 6.07 Å². The van der Waals surface area contributed by atoms with E-state index in [1.54, 1.807) is 18.5 Å². The van der Waals surface area contributed by atoms with Crippen molar-refractivity contribution >= 4 is 29.0 Å². The number of pyridine rings is 1. The fraction of sp³-hybridized carbons (Fsp3) is 0.345. The number of aromatic nitrogens is 5. The Kier molecular flexibility index (Phi) is 7.55. The van der Waals surface area contributed by atoms with E-state index in [4.69, 9.17) is 4.74 Å². The Bertz CT molecular complexity index is 1380. The molecule has 10 nitrogen and oxygen atoms in total. The maximum absolute atomic E-state index is 5.51. The molecule has 0 aliphatic carbocycles. The highest BCUT2D eigenvalue weighted by Crippen LogP contribution is 2.26. The number of nitrogens with one attached hydrogen (secondary N) is 2. The Hall–Kier alpha value is -4.15. The molecule has 0 radical (unpaired) electrons. The molecule has 0 spiro atoms. The molecule has 0 unspecified atom stereocenters. The molecule has 10 heteroatoms. The highest BCUT2D eigenvalue weighted by molar-refractivity contribution is 5.62. The van der Waals surface area contributed by atoms with Gasteiger partial charge >= 0.3 is 0 Å². The minimum absolute atomic E-state index is 0.508. The van der Waals surface area contributed by atoms with Crippen LogP contribution in [0.1, 0.15) is 18.5 Å². The normalized spacial score (nSPS) is 16.7. The molecule has 4 aromatic rings. The summed E-state index contributed by atoms with van der Waals surface area (Å²) >= 11 is 0. The van der Waals surface area contributed by atoms with Gasteiger partial charge in [-0.15, -0.1) is 0 Å². The summed E-state index contributed by atoms with van der Waals surface area (Å²) in [4.78, 5) is 27.6. The van der Waals surface area contributed by atoms with Crippen molar-refractivity contribution in [2.24, 2.45) is 0 Å². The molecular formula is C29H33N9O. The highest BCUT2D eigenvalue weighted by Gasteiger charge is 2.25. The smallest absolute Gasteiger partial charge is 0.229 e. The minimum atomic E-state index is 0.508. The monoisotopic (exact) mass is 523 g/mol. The fourth-order valence-corrected chi connectivity index (χ4v) is 5.16. The largest absolute Gasteiger partial charge is 0.379 e. The first-order valence-electron chi connectivity index (χ1n) is 13.5. The van der Waals surface area contributed by atoms with Crippen LogP contribution in [0.3, 0.4) is 0 Å². The van der Waals surface area contributed by atoms with Crippen molar-refractivity contribution in [3.8, 4) is 11.5 Å². The van der Waals surface area contributed by atoms with E-state index in [0.717, 1.165) is 56.5 Å². The maximum Gasteiger partial charge on any atom is 0.229 e. The van der Waals surface area contributed by atoms with Crippen molar-refractivity contribution in [1.29, 1.82) is 0 Å². The number of nitrogens with zero attached hydrogens (tertiary/aromatic N) is 7. The third kappa shape index (κ3) is 6.30. The van der Waals surface area contributed by atoms with E-state index in [1.165, 1.54) is 18.5 Å². The van der Waals surface area contributed by atoms with Gasteiger partial charge in [0.25, 0.3) is 0 Å². The van der Waals surface area contributed by atoms with E-state index in [1.807, 2.05) is 31.2 Å². The maximum atomic E-state index is 5.51. The van der Waals surface area contributed by atoms with Crippen LogP contribution < -0.4 is 15.5 Å². The standard InChI is InChI=1S/C29H33N9O/c1-21-3-2-4-25(32-21)28-30-13-9-26(35-28)34-27-10-14-31-29(36-27)33-22-5-7-23(8-6-22)37-15-11-24(12-16-37)38-17-19-39-20-18-38/h2-10,13-14,24H,11-12,15-20H2,1H3,(H2,30,31,33,34,35,36). The molecule has 5 heterocycles. The van der Waals surface area contributed by atoms with Crippen LogP contribution in [0, 0.1) is 6.92 Å². The second-order valence-corrected chi connectivity index (χ2v) is 9.86. The summed E-state index contributed by atoms with van der Waals surface area (Å²) in [7, 11) is 0. The highest BCUT2D eigenvalue weighted by atomic mass is 16.5. The van der Waals surface area contributed by atoms with Crippen LogP contribution in [0.4, 0.5) is 29.0 Å². The number of aryl methyl sites for hydroxylation is 1. The Morgan fingerprint density at radius 2 is 1.51 bits per heavy atom. The van der Waals surface area contributed by atoms with Gasteiger partial charge in [-0.25, -0.2) is 19.9 Å². The molecule has 6 rings (SSSR count). The van der Waals surface area contributed by atoms with Gasteiger partial charge in [0.1, 0.15) is 17.3 Å². The summed E-state index contributed by atoms with van der Waals surface area (Å²) in [5, 5.41) is 6.56. The molecule has 2 saturated heterocycles. The van der Waals surface area contributed by atoms with Crippen LogP contribution in [0.25, 0.3) is 11.5 Å². The summed E-state index contributed by atoms with van der Waals surface area (Å²) in [5.74, 6) is 2.33. The van der Waals surface area contributed by atoms with E-state index >= 15 is 0 Å². The molecule has 0 amide bonds. The van der Waals surface area contributed by atoms with Crippen LogP contribution in [0.2, 0.25) is 0 Å². The Morgan fingerprint density at radius 1 is 0.769 bits per heavy atom. The van der Waals surface area contributed by atoms with Crippen molar-refractivity contribution in [2.75, 3.05) is 54.9 Å². The molecule has 39 heavy (non-hydrogen) atoms. The Morgan fingerprint density at radius 3 is 2.28 bits per heavy atom. The van der Waals surface area contributed by atoms with Crippen LogP contribution in [-0.4, -0.2) is 75.3 Å². The predicted molar refractivity (Wildman–Crippen MR) is 153 cm³/mol. The third-order valence-corrected chi connectivity index (χ3v) is 7.20. The predicted octanol–water partition coefficient (Wildman–Crippen LogP) is 4.43. The lowest BCUT2D eigenvalue weighted by Gasteiger charge is -2.40. The zero-order valence-corrected chi connectivity index (χ0v) is 22.1. The molecule has 3 aromatic heterocycles. The molecule has 0 bridgehead atoms. The van der Waals surface area contributed by atoms with Crippen LogP contribution in [0.15, 0.2) is 67.0 Å². The van der Waals surface area contributed by atoms with Crippen LogP contribution >= 0.6 is 0 Å². The van der Waals surface area contributed by atoms with Crippen LogP contribution in [0.5, 0.6) is 0 Å². The Balaban J connectivity index is 1.06. The first kappa shape index (κ1) is 25.1. The van der Waals surface area contributed by atoms with Crippen molar-refractivity contribution < 1.29 is 4.74 Å². The second-order valence-electron chi connectivity index (χ2n) is 9.86. The number of morpholine rings is 1. The zero-order valence-electron chi connectivity index (χ0n) is 22.1. The molecule has 2 aliphatic rings. The van der Waals surface area contributed by atoms with Gasteiger partial charge in [-0.3, -0.25) is 4.90 Å². The number of benzene rings is 1. The SMILES string of the molecule is Cc1cccc(-c2nccc(Nc3ccnc(Nc4ccc(N5CCC(N6CCOCC6)CC5)cc4)n3)n2)n1. The fourth-order valence-electron chi connectivity index (χ4n) is 5.16. The van der Waals surface area contributed by atoms with Crippen LogP contribution in [-0.2, 0) is 4.74 Å². The van der Waals surface area contributed by atoms with Crippen molar-refractivity contribution in [2.45, 2.75) is 25.8 Å². The summed E-state index contributed by atoms with van der Waals surface area (Å²) in [6, 6.07) is 18.6. The van der Waals surface area contributed by atoms with Crippen molar-refractivity contribution in [3.63, 3.8) is 0 Å². The molecule has 2 aliphatic heterocycles. The number of piperidine rings is 1. The number of rotatable bonds is 7. The summed E-state index contributed by atoms with van der Waals surface area (Å²) < 4.78 is 5.51. The summed E-state index contributed by atoms with van der Waals surface area (Å²) in [6.45, 7) is 7.97. The van der Waals surface area contributed by atoms with Crippen molar-refractivity contribution in [3.05, 3.63) is 72.7 Å². The van der Waals surface area contributed by atoms with E-state index in [2.05, 4.69) is 69.6 Å². The molecular weight excluding hydrogens is 490 g/mol. The molecule has 2 fully saturated rings. The molecule has 0 saturated carbocycles. The van der Waals surface area contributed by atoms with Gasteiger partial charge in [0.15, 0.2) is 5.82 Å². The van der Waals surface area contributed by atoms with Gasteiger partial charge in [0.05, 0.1) is 13.2 Å². The number of anilines is 5. The van der Waals surface area contributed by atoms with Gasteiger partial charge < -0.3 is 20.3 Å². The number of ether oxygens (including phenoxy) is 1. The third-order valence-electron chi connectivity index (χ3n) is 7.20. The molecule has 0 atom stereocenters. The quantitative estimate of drug-likeness (QED) is 0.362. The summed E-state index contributed by atoms with van der Waals surface area (Å²) in [6.07, 6.45) is 5.82. The van der Waals surface area contributed by atoms with Gasteiger partial charge in [-0.05, 0) is 68.3 Å². The first-order chi connectivity index (χ1) is 19.2. The van der Waals surface area contributed by atoms with Gasteiger partial charge in [0, 0.05) is 61.7 Å². The minimum Gasteiger partial charge on any atom is -0.379 e. The topological polar surface area (TPSA) is 104 Å². The van der Waals surface area contributed by atoms with E-state index in [9.17, 15) is 0 Å². The van der Waals surface area contributed by atoms with E-state index in [0.29, 0.717) is 29.5 Å². The Labute approximate surface area is 228 Å². The lowest BCUT2D eigenvalue weighted by atomic mass is 10.0. The average Bonchev–Trinajstić information content (AvgIpc) is 2.99. The lowest BCUT2D eigenvalue weighted by Crippen LogP contribution is -2.49. The van der Waals surface area contributed by atoms with E-state index < -0.39 is 0 Å². The van der Waals surface area contributed by atoms with Gasteiger partial charge in [-0.2, -0.15) is 4.98 Å². The number of hydrogen-bond donors (Lipinski definition) is 2. The second kappa shape index (κ2) is 11.7. The molecule has 1 aromatic carbocycles. The molecule has 2 N–H and O–H groups in total. The molecule has 200 valence electrons. The zero-order chi connectivity index (χ0) is 26.4. The average molecular weight is 524 g/mol. The van der Waals surface area contributed by atoms with Crippen molar-refractivity contribution in [1.82, 2.24) is 29.8 Å².